The Morgan fingerprint density at radius 1 is 1.29 bits per heavy atom. The summed E-state index contributed by atoms with van der Waals surface area (Å²) in [5.41, 5.74) is 1.19. The number of unbranched alkanes of at least 4 members (excludes halogenated alkanes) is 2. The quantitative estimate of drug-likeness (QED) is 0.355. The molecule has 1 N–H and O–H groups in total. The zero-order valence-corrected chi connectivity index (χ0v) is 16.4. The van der Waals surface area contributed by atoms with E-state index in [1.54, 1.807) is 0 Å². The molecule has 3 atom stereocenters. The van der Waals surface area contributed by atoms with Gasteiger partial charge in [-0.05, 0) is 66.2 Å². The van der Waals surface area contributed by atoms with Crippen LogP contribution < -0.4 is 5.32 Å². The average molecular weight is 339 g/mol. The second-order valence-corrected chi connectivity index (χ2v) is 7.35. The predicted octanol–water partition coefficient (Wildman–Crippen LogP) is 3.62. The van der Waals surface area contributed by atoms with E-state index >= 15 is 0 Å². The van der Waals surface area contributed by atoms with Gasteiger partial charge in [-0.1, -0.05) is 37.8 Å². The fourth-order valence-electron chi connectivity index (χ4n) is 3.70. The summed E-state index contributed by atoms with van der Waals surface area (Å²) in [7, 11) is 4.22. The molecular formula is C20H38N2O2. The Hall–Kier alpha value is -0.870. The van der Waals surface area contributed by atoms with Crippen molar-refractivity contribution in [3.05, 3.63) is 11.6 Å². The first-order valence-electron chi connectivity index (χ1n) is 9.72. The first-order valence-corrected chi connectivity index (χ1v) is 9.72. The van der Waals surface area contributed by atoms with Gasteiger partial charge < -0.3 is 15.0 Å². The maximum Gasteiger partial charge on any atom is 0.313 e. The summed E-state index contributed by atoms with van der Waals surface area (Å²) in [6.45, 7) is 8.82. The topological polar surface area (TPSA) is 41.6 Å². The first-order chi connectivity index (χ1) is 11.5. The highest BCUT2D eigenvalue weighted by molar-refractivity contribution is 5.76. The van der Waals surface area contributed by atoms with E-state index in [2.05, 4.69) is 44.2 Å². The number of esters is 1. The van der Waals surface area contributed by atoms with Gasteiger partial charge in [0, 0.05) is 6.04 Å². The van der Waals surface area contributed by atoms with Gasteiger partial charge in [0.1, 0.15) is 0 Å². The van der Waals surface area contributed by atoms with Gasteiger partial charge in [0.15, 0.2) is 0 Å². The fraction of sp³-hybridized carbons (Fsp3) is 0.850. The Labute approximate surface area is 149 Å². The summed E-state index contributed by atoms with van der Waals surface area (Å²) in [6, 6.07) is 0.393. The highest BCUT2D eigenvalue weighted by Gasteiger charge is 2.35. The number of rotatable bonds is 11. The molecule has 0 bridgehead atoms. The van der Waals surface area contributed by atoms with E-state index in [1.165, 1.54) is 24.8 Å². The van der Waals surface area contributed by atoms with Gasteiger partial charge in [-0.15, -0.1) is 0 Å². The van der Waals surface area contributed by atoms with Crippen LogP contribution in [0.3, 0.4) is 0 Å². The number of hydrogen-bond donors (Lipinski definition) is 1. The molecule has 4 nitrogen and oxygen atoms in total. The zero-order valence-electron chi connectivity index (χ0n) is 16.4. The summed E-state index contributed by atoms with van der Waals surface area (Å²) in [5, 5.41) is 3.66. The molecule has 24 heavy (non-hydrogen) atoms. The molecule has 0 saturated carbocycles. The lowest BCUT2D eigenvalue weighted by atomic mass is 9.74. The fourth-order valence-corrected chi connectivity index (χ4v) is 3.70. The summed E-state index contributed by atoms with van der Waals surface area (Å²) in [5.74, 6) is 0.340. The van der Waals surface area contributed by atoms with Crippen LogP contribution in [0.1, 0.15) is 59.3 Å². The number of carbonyl (C=O) groups is 1. The monoisotopic (exact) mass is 338 g/mol. The molecule has 0 radical (unpaired) electrons. The highest BCUT2D eigenvalue weighted by atomic mass is 16.5. The van der Waals surface area contributed by atoms with Crippen molar-refractivity contribution in [1.29, 1.82) is 0 Å². The SMILES string of the molecule is CCCCC[C@@H]1C[C@@H](NCCCN(C)C)C=C(C)[C@@H]1C(=O)OCC. The molecule has 140 valence electrons. The third-order valence-corrected chi connectivity index (χ3v) is 4.89. The maximum atomic E-state index is 12.4. The third kappa shape index (κ3) is 7.35. The van der Waals surface area contributed by atoms with Gasteiger partial charge in [-0.3, -0.25) is 4.79 Å². The first kappa shape index (κ1) is 21.2. The van der Waals surface area contributed by atoms with E-state index in [0.717, 1.165) is 32.4 Å². The highest BCUT2D eigenvalue weighted by Crippen LogP contribution is 2.35. The molecule has 0 aromatic rings. The van der Waals surface area contributed by atoms with Crippen LogP contribution in [0.5, 0.6) is 0 Å². The lowest BCUT2D eigenvalue weighted by molar-refractivity contribution is -0.148. The van der Waals surface area contributed by atoms with Crippen molar-refractivity contribution in [3.63, 3.8) is 0 Å². The molecule has 0 unspecified atom stereocenters. The van der Waals surface area contributed by atoms with Crippen LogP contribution in [-0.2, 0) is 9.53 Å². The van der Waals surface area contributed by atoms with Gasteiger partial charge in [0.2, 0.25) is 0 Å². The van der Waals surface area contributed by atoms with Crippen LogP contribution in [0, 0.1) is 11.8 Å². The van der Waals surface area contributed by atoms with E-state index in [9.17, 15) is 4.79 Å². The third-order valence-electron chi connectivity index (χ3n) is 4.89. The van der Waals surface area contributed by atoms with Crippen LogP contribution >= 0.6 is 0 Å². The summed E-state index contributed by atoms with van der Waals surface area (Å²) in [4.78, 5) is 14.6. The minimum atomic E-state index is -0.0402. The molecule has 0 saturated heterocycles. The van der Waals surface area contributed by atoms with Crippen molar-refractivity contribution in [2.24, 2.45) is 11.8 Å². The van der Waals surface area contributed by atoms with E-state index in [-0.39, 0.29) is 11.9 Å². The minimum Gasteiger partial charge on any atom is -0.466 e. The lowest BCUT2D eigenvalue weighted by Gasteiger charge is -2.34. The van der Waals surface area contributed by atoms with E-state index in [1.807, 2.05) is 6.92 Å². The molecule has 1 aliphatic rings. The van der Waals surface area contributed by atoms with Crippen LogP contribution in [0.2, 0.25) is 0 Å². The molecule has 0 amide bonds. The lowest BCUT2D eigenvalue weighted by Crippen LogP contribution is -2.40. The second-order valence-electron chi connectivity index (χ2n) is 7.35. The Morgan fingerprint density at radius 2 is 2.04 bits per heavy atom. The second kappa shape index (κ2) is 11.6. The molecule has 0 aromatic carbocycles. The number of nitrogens with zero attached hydrogens (tertiary/aromatic N) is 1. The van der Waals surface area contributed by atoms with Crippen LogP contribution in [0.25, 0.3) is 0 Å². The van der Waals surface area contributed by atoms with Crippen molar-refractivity contribution in [3.8, 4) is 0 Å². The van der Waals surface area contributed by atoms with E-state index < -0.39 is 0 Å². The van der Waals surface area contributed by atoms with Crippen LogP contribution in [0.4, 0.5) is 0 Å². The van der Waals surface area contributed by atoms with Gasteiger partial charge in [0.05, 0.1) is 12.5 Å². The van der Waals surface area contributed by atoms with Gasteiger partial charge in [-0.2, -0.15) is 0 Å². The number of ether oxygens (including phenoxy) is 1. The van der Waals surface area contributed by atoms with Crippen LogP contribution in [-0.4, -0.2) is 50.7 Å². The van der Waals surface area contributed by atoms with Crippen molar-refractivity contribution in [2.45, 2.75) is 65.3 Å². The molecule has 0 heterocycles. The largest absolute Gasteiger partial charge is 0.466 e. The zero-order chi connectivity index (χ0) is 17.9. The molecule has 4 heteroatoms. The van der Waals surface area contributed by atoms with Crippen molar-refractivity contribution in [2.75, 3.05) is 33.8 Å². The molecule has 1 rings (SSSR count). The Balaban J connectivity index is 2.65. The summed E-state index contributed by atoms with van der Waals surface area (Å²) >= 11 is 0. The standard InChI is InChI=1S/C20H38N2O2/c1-6-8-9-11-17-15-18(21-12-10-13-22(4)5)14-16(3)19(17)20(23)24-7-2/h14,17-19,21H,6-13,15H2,1-5H3/t17-,18+,19+/m1/s1. The van der Waals surface area contributed by atoms with E-state index in [0.29, 0.717) is 18.6 Å². The number of hydrogen-bond acceptors (Lipinski definition) is 4. The molecular weight excluding hydrogens is 300 g/mol. The van der Waals surface area contributed by atoms with Gasteiger partial charge in [0.25, 0.3) is 0 Å². The van der Waals surface area contributed by atoms with E-state index in [4.69, 9.17) is 4.74 Å². The number of carbonyl (C=O) groups excluding carboxylic acids is 1. The number of nitrogens with one attached hydrogen (secondary N) is 1. The minimum absolute atomic E-state index is 0.0289. The molecule has 1 aliphatic carbocycles. The Kier molecular flexibility index (Phi) is 10.3. The smallest absolute Gasteiger partial charge is 0.313 e. The molecule has 0 fully saturated rings. The Bertz CT molecular complexity index is 393. The van der Waals surface area contributed by atoms with Crippen LogP contribution in [0.15, 0.2) is 11.6 Å². The molecule has 0 spiro atoms. The normalized spacial score (nSPS) is 24.1. The van der Waals surface area contributed by atoms with Crippen molar-refractivity contribution in [1.82, 2.24) is 10.2 Å². The average Bonchev–Trinajstić information content (AvgIpc) is 2.51. The van der Waals surface area contributed by atoms with Gasteiger partial charge >= 0.3 is 5.97 Å². The summed E-state index contributed by atoms with van der Waals surface area (Å²) in [6.07, 6.45) is 9.25. The van der Waals surface area contributed by atoms with Crippen molar-refractivity contribution >= 4 is 5.97 Å². The molecule has 0 aliphatic heterocycles. The van der Waals surface area contributed by atoms with Gasteiger partial charge in [-0.25, -0.2) is 0 Å². The Morgan fingerprint density at radius 3 is 2.67 bits per heavy atom. The predicted molar refractivity (Wildman–Crippen MR) is 101 cm³/mol. The summed E-state index contributed by atoms with van der Waals surface area (Å²) < 4.78 is 5.34. The maximum absolute atomic E-state index is 12.4. The van der Waals surface area contributed by atoms with Crippen molar-refractivity contribution < 1.29 is 9.53 Å². The molecule has 0 aromatic heterocycles.